The number of fused-ring (bicyclic) bond motifs is 2. The summed E-state index contributed by atoms with van der Waals surface area (Å²) in [6.07, 6.45) is 15.5. The van der Waals surface area contributed by atoms with Crippen molar-refractivity contribution < 1.29 is 14.6 Å². The van der Waals surface area contributed by atoms with Crippen LogP contribution in [-0.4, -0.2) is 53.0 Å². The van der Waals surface area contributed by atoms with E-state index in [-0.39, 0.29) is 29.9 Å². The SMILES string of the molecule is CC(C)(C)OC(=O)N1CCCC12CCCC2.OCC1=CC2NC=CC(c3cc(Cl)cc4c3NCCC4)=C2S1. The molecule has 1 saturated heterocycles. The number of carbonyl (C=O) groups is 1. The molecule has 206 valence electrons. The van der Waals surface area contributed by atoms with Crippen LogP contribution in [0.3, 0.4) is 0 Å². The van der Waals surface area contributed by atoms with Gasteiger partial charge in [-0.3, -0.25) is 0 Å². The quantitative estimate of drug-likeness (QED) is 0.369. The molecule has 38 heavy (non-hydrogen) atoms. The third kappa shape index (κ3) is 5.75. The highest BCUT2D eigenvalue weighted by molar-refractivity contribution is 8.07. The van der Waals surface area contributed by atoms with E-state index >= 15 is 0 Å². The molecule has 8 heteroatoms. The van der Waals surface area contributed by atoms with Crippen molar-refractivity contribution in [1.82, 2.24) is 10.2 Å². The number of aliphatic hydroxyl groups excluding tert-OH is 1. The summed E-state index contributed by atoms with van der Waals surface area (Å²) in [5.41, 5.74) is 4.65. The van der Waals surface area contributed by atoms with Crippen molar-refractivity contribution in [3.05, 3.63) is 56.4 Å². The average Bonchev–Trinajstić information content (AvgIpc) is 3.63. The highest BCUT2D eigenvalue weighted by Crippen LogP contribution is 2.46. The predicted octanol–water partition coefficient (Wildman–Crippen LogP) is 6.85. The van der Waals surface area contributed by atoms with Crippen LogP contribution in [0.2, 0.25) is 5.02 Å². The van der Waals surface area contributed by atoms with Crippen molar-refractivity contribution in [2.75, 3.05) is 25.0 Å². The minimum Gasteiger partial charge on any atom is -0.444 e. The molecule has 1 aliphatic carbocycles. The van der Waals surface area contributed by atoms with Crippen LogP contribution in [0.15, 0.2) is 40.3 Å². The van der Waals surface area contributed by atoms with Gasteiger partial charge in [-0.05, 0) is 101 Å². The fraction of sp³-hybridized carbons (Fsp3) is 0.567. The molecule has 1 atom stereocenters. The number of ether oxygens (including phenoxy) is 1. The molecule has 1 saturated carbocycles. The number of allylic oxidation sites excluding steroid dienone is 2. The monoisotopic (exact) mass is 557 g/mol. The maximum atomic E-state index is 12.1. The second-order valence-corrected chi connectivity index (χ2v) is 13.4. The summed E-state index contributed by atoms with van der Waals surface area (Å²) in [6, 6.07) is 4.27. The van der Waals surface area contributed by atoms with Gasteiger partial charge in [-0.1, -0.05) is 36.2 Å². The lowest BCUT2D eigenvalue weighted by atomic mass is 9.93. The third-order valence-corrected chi connectivity index (χ3v) is 9.41. The highest BCUT2D eigenvalue weighted by atomic mass is 35.5. The molecule has 1 spiro atoms. The fourth-order valence-electron chi connectivity index (χ4n) is 6.34. The first kappa shape index (κ1) is 27.5. The number of nitrogens with one attached hydrogen (secondary N) is 2. The van der Waals surface area contributed by atoms with Crippen molar-refractivity contribution in [3.63, 3.8) is 0 Å². The Morgan fingerprint density at radius 3 is 2.71 bits per heavy atom. The van der Waals surface area contributed by atoms with Gasteiger partial charge in [-0.2, -0.15) is 0 Å². The van der Waals surface area contributed by atoms with Crippen LogP contribution in [0, 0.1) is 0 Å². The lowest BCUT2D eigenvalue weighted by Crippen LogP contribution is -2.47. The van der Waals surface area contributed by atoms with Crippen LogP contribution in [-0.2, 0) is 11.2 Å². The number of likely N-dealkylation sites (tertiary alicyclic amines) is 1. The summed E-state index contributed by atoms with van der Waals surface area (Å²) in [5.74, 6) is 0. The number of rotatable bonds is 2. The smallest absolute Gasteiger partial charge is 0.410 e. The van der Waals surface area contributed by atoms with Gasteiger partial charge in [0.1, 0.15) is 5.60 Å². The van der Waals surface area contributed by atoms with Crippen LogP contribution in [0.4, 0.5) is 10.5 Å². The third-order valence-electron chi connectivity index (χ3n) is 7.97. The van der Waals surface area contributed by atoms with Gasteiger partial charge in [-0.15, -0.1) is 0 Å². The van der Waals surface area contributed by atoms with E-state index in [1.807, 2.05) is 37.9 Å². The van der Waals surface area contributed by atoms with Crippen molar-refractivity contribution in [3.8, 4) is 0 Å². The van der Waals surface area contributed by atoms with Crippen molar-refractivity contribution in [1.29, 1.82) is 0 Å². The Labute approximate surface area is 235 Å². The maximum Gasteiger partial charge on any atom is 0.410 e. The molecule has 1 aromatic carbocycles. The Bertz CT molecular complexity index is 1160. The molecule has 1 aromatic rings. The number of benzene rings is 1. The van der Waals surface area contributed by atoms with Gasteiger partial charge < -0.3 is 25.4 Å². The summed E-state index contributed by atoms with van der Waals surface area (Å²) in [4.78, 5) is 16.4. The number of dihydropyridines is 1. The van der Waals surface area contributed by atoms with Crippen molar-refractivity contribution >= 4 is 40.7 Å². The minimum atomic E-state index is -0.376. The predicted molar refractivity (Wildman–Crippen MR) is 157 cm³/mol. The molecule has 0 bridgehead atoms. The number of aliphatic hydroxyl groups is 1. The van der Waals surface area contributed by atoms with E-state index in [2.05, 4.69) is 28.9 Å². The zero-order chi connectivity index (χ0) is 26.9. The Balaban J connectivity index is 0.000000163. The maximum absolute atomic E-state index is 12.1. The molecule has 4 aliphatic heterocycles. The van der Waals surface area contributed by atoms with Gasteiger partial charge in [0.2, 0.25) is 0 Å². The second-order valence-electron chi connectivity index (χ2n) is 11.8. The Morgan fingerprint density at radius 2 is 1.97 bits per heavy atom. The standard InChI is InChI=1S/C17H17ClN2OS.C13H23NO2/c18-11-6-10-2-1-4-20-16(10)14(7-11)13-3-5-19-15-8-12(9-21)22-17(13)15;1-12(2,3)16-11(15)14-10-6-9-13(14)7-4-5-8-13/h3,5-8,15,19-21H,1-2,4,9H2;4-10H2,1-3H3. The fourth-order valence-corrected chi connectivity index (χ4v) is 7.68. The molecule has 5 aliphatic rings. The van der Waals surface area contributed by atoms with Gasteiger partial charge in [0.05, 0.1) is 12.6 Å². The van der Waals surface area contributed by atoms with E-state index < -0.39 is 0 Å². The highest BCUT2D eigenvalue weighted by Gasteiger charge is 2.46. The first-order valence-corrected chi connectivity index (χ1v) is 15.1. The molecule has 1 amide bonds. The number of hydrogen-bond acceptors (Lipinski definition) is 6. The minimum absolute atomic E-state index is 0.0888. The van der Waals surface area contributed by atoms with Crippen LogP contribution in [0.25, 0.3) is 5.57 Å². The number of amides is 1. The van der Waals surface area contributed by atoms with Crippen LogP contribution >= 0.6 is 23.4 Å². The number of thioether (sulfide) groups is 1. The topological polar surface area (TPSA) is 73.8 Å². The van der Waals surface area contributed by atoms with E-state index in [0.717, 1.165) is 42.3 Å². The van der Waals surface area contributed by atoms with Crippen LogP contribution in [0.5, 0.6) is 0 Å². The lowest BCUT2D eigenvalue weighted by Gasteiger charge is -2.36. The van der Waals surface area contributed by atoms with Gasteiger partial charge >= 0.3 is 6.09 Å². The van der Waals surface area contributed by atoms with E-state index in [4.69, 9.17) is 16.3 Å². The molecule has 0 aromatic heterocycles. The summed E-state index contributed by atoms with van der Waals surface area (Å²) in [7, 11) is 0. The summed E-state index contributed by atoms with van der Waals surface area (Å²) < 4.78 is 5.50. The molecule has 4 heterocycles. The average molecular weight is 558 g/mol. The van der Waals surface area contributed by atoms with E-state index in [0.29, 0.717) is 0 Å². The largest absolute Gasteiger partial charge is 0.444 e. The van der Waals surface area contributed by atoms with Crippen LogP contribution < -0.4 is 10.6 Å². The van der Waals surface area contributed by atoms with Gasteiger partial charge in [0.25, 0.3) is 0 Å². The number of anilines is 1. The molecule has 0 radical (unpaired) electrons. The summed E-state index contributed by atoms with van der Waals surface area (Å²) >= 11 is 8.01. The first-order valence-electron chi connectivity index (χ1n) is 13.9. The van der Waals surface area contributed by atoms with E-state index in [9.17, 15) is 9.90 Å². The van der Waals surface area contributed by atoms with Crippen molar-refractivity contribution in [2.24, 2.45) is 0 Å². The number of carbonyl (C=O) groups excluding carboxylic acids is 1. The second kappa shape index (κ2) is 11.2. The Hall–Kier alpha value is -2.09. The summed E-state index contributed by atoms with van der Waals surface area (Å²) in [6.45, 7) is 7.77. The van der Waals surface area contributed by atoms with E-state index in [1.54, 1.807) is 11.8 Å². The number of aryl methyl sites for hydroxylation is 1. The van der Waals surface area contributed by atoms with E-state index in [1.165, 1.54) is 59.4 Å². The van der Waals surface area contributed by atoms with Crippen molar-refractivity contribution in [2.45, 2.75) is 89.3 Å². The number of hydrogen-bond donors (Lipinski definition) is 3. The van der Waals surface area contributed by atoms with Crippen LogP contribution in [0.1, 0.15) is 76.8 Å². The molecule has 2 fully saturated rings. The molecular weight excluding hydrogens is 518 g/mol. The lowest BCUT2D eigenvalue weighted by molar-refractivity contribution is 0.00881. The zero-order valence-corrected chi connectivity index (χ0v) is 24.3. The Kier molecular flexibility index (Phi) is 8.09. The Morgan fingerprint density at radius 1 is 1.21 bits per heavy atom. The number of nitrogens with zero attached hydrogens (tertiary/aromatic N) is 1. The molecule has 6 nitrogen and oxygen atoms in total. The molecule has 6 rings (SSSR count). The first-order chi connectivity index (χ1) is 18.2. The van der Waals surface area contributed by atoms with Gasteiger partial charge in [0.15, 0.2) is 0 Å². The normalized spacial score (nSPS) is 23.2. The van der Waals surface area contributed by atoms with Gasteiger partial charge in [-0.25, -0.2) is 4.79 Å². The molecule has 3 N–H and O–H groups in total. The molecule has 1 unspecified atom stereocenters. The number of halogens is 1. The van der Waals surface area contributed by atoms with Gasteiger partial charge in [0, 0.05) is 44.7 Å². The zero-order valence-electron chi connectivity index (χ0n) is 22.7. The summed E-state index contributed by atoms with van der Waals surface area (Å²) in [5, 5.41) is 17.1. The molecular formula is C30H40ClN3O3S.